The van der Waals surface area contributed by atoms with E-state index < -0.39 is 11.1 Å². The zero-order valence-electron chi connectivity index (χ0n) is 11.9. The van der Waals surface area contributed by atoms with Crippen molar-refractivity contribution in [3.63, 3.8) is 0 Å². The highest BCUT2D eigenvalue weighted by molar-refractivity contribution is 6.61. The lowest BCUT2D eigenvalue weighted by molar-refractivity contribution is 0.167. The zero-order chi connectivity index (χ0) is 15.4. The minimum absolute atomic E-state index is 0.0605. The second-order valence-electron chi connectivity index (χ2n) is 4.47. The molecule has 0 atom stereocenters. The second kappa shape index (κ2) is 6.63. The Morgan fingerprint density at radius 2 is 2.00 bits per heavy atom. The van der Waals surface area contributed by atoms with Crippen LogP contribution in [-0.4, -0.2) is 18.5 Å². The molecule has 0 saturated heterocycles. The van der Waals surface area contributed by atoms with Gasteiger partial charge < -0.3 is 14.1 Å². The van der Waals surface area contributed by atoms with Crippen molar-refractivity contribution in [3.05, 3.63) is 40.2 Å². The van der Waals surface area contributed by atoms with Gasteiger partial charge in [0.25, 0.3) is 0 Å². The Morgan fingerprint density at radius 1 is 1.29 bits per heavy atom. The number of benzene rings is 1. The highest BCUT2D eigenvalue weighted by atomic mass is 35.5. The zero-order valence-corrected chi connectivity index (χ0v) is 12.6. The van der Waals surface area contributed by atoms with E-state index >= 15 is 0 Å². The number of halogens is 1. The molecule has 1 aromatic carbocycles. The summed E-state index contributed by atoms with van der Waals surface area (Å²) in [4.78, 5) is 24.5. The van der Waals surface area contributed by atoms with Gasteiger partial charge in [-0.25, -0.2) is 9.59 Å². The lowest BCUT2D eigenvalue weighted by atomic mass is 10.1. The predicted molar refractivity (Wildman–Crippen MR) is 82.1 cm³/mol. The number of fused-ring (bicyclic) bond motifs is 1. The Balaban J connectivity index is 2.48. The number of rotatable bonds is 5. The molecule has 0 saturated carbocycles. The van der Waals surface area contributed by atoms with Gasteiger partial charge in [-0.15, -0.1) is 0 Å². The molecule has 112 valence electrons. The van der Waals surface area contributed by atoms with E-state index in [4.69, 9.17) is 20.8 Å². The van der Waals surface area contributed by atoms with Crippen LogP contribution in [0.15, 0.2) is 33.5 Å². The molecule has 0 spiro atoms. The van der Waals surface area contributed by atoms with Crippen molar-refractivity contribution in [3.8, 4) is 0 Å². The first-order chi connectivity index (χ1) is 10.0. The SMILES string of the molecule is CCN(CC)c1ccc2c(COC(=O)Cl)cc(=O)oc2c1. The predicted octanol–water partition coefficient (Wildman–Crippen LogP) is 3.51. The van der Waals surface area contributed by atoms with E-state index in [9.17, 15) is 9.59 Å². The average Bonchev–Trinajstić information content (AvgIpc) is 2.45. The van der Waals surface area contributed by atoms with Crippen molar-refractivity contribution < 1.29 is 13.9 Å². The lowest BCUT2D eigenvalue weighted by Crippen LogP contribution is -2.21. The highest BCUT2D eigenvalue weighted by Gasteiger charge is 2.10. The van der Waals surface area contributed by atoms with Crippen LogP contribution in [0.25, 0.3) is 11.0 Å². The maximum Gasteiger partial charge on any atom is 0.404 e. The molecular weight excluding hydrogens is 294 g/mol. The molecule has 1 heterocycles. The molecule has 0 aliphatic heterocycles. The average molecular weight is 310 g/mol. The van der Waals surface area contributed by atoms with Crippen LogP contribution in [0.2, 0.25) is 0 Å². The maximum absolute atomic E-state index is 11.6. The summed E-state index contributed by atoms with van der Waals surface area (Å²) in [5, 5.41) is 0.725. The van der Waals surface area contributed by atoms with Crippen LogP contribution in [0, 0.1) is 0 Å². The van der Waals surface area contributed by atoms with Crippen molar-refractivity contribution in [1.82, 2.24) is 0 Å². The monoisotopic (exact) mass is 309 g/mol. The van der Waals surface area contributed by atoms with Crippen molar-refractivity contribution in [2.45, 2.75) is 20.5 Å². The largest absolute Gasteiger partial charge is 0.449 e. The molecule has 6 heteroatoms. The maximum atomic E-state index is 11.6. The summed E-state index contributed by atoms with van der Waals surface area (Å²) in [6.45, 7) is 5.76. The fourth-order valence-corrected chi connectivity index (χ4v) is 2.31. The number of hydrogen-bond acceptors (Lipinski definition) is 5. The molecule has 0 aliphatic rings. The molecule has 2 aromatic rings. The molecule has 0 N–H and O–H groups in total. The number of nitrogens with zero attached hydrogens (tertiary/aromatic N) is 1. The minimum Gasteiger partial charge on any atom is -0.449 e. The summed E-state index contributed by atoms with van der Waals surface area (Å²) in [5.74, 6) is 0. The van der Waals surface area contributed by atoms with Crippen molar-refractivity contribution in [2.24, 2.45) is 0 Å². The Labute approximate surface area is 127 Å². The molecule has 0 fully saturated rings. The molecule has 2 rings (SSSR count). The summed E-state index contributed by atoms with van der Waals surface area (Å²) >= 11 is 5.15. The van der Waals surface area contributed by atoms with E-state index in [1.54, 1.807) is 0 Å². The van der Waals surface area contributed by atoms with Gasteiger partial charge in [-0.1, -0.05) is 0 Å². The Kier molecular flexibility index (Phi) is 4.85. The molecule has 0 aliphatic carbocycles. The van der Waals surface area contributed by atoms with Crippen molar-refractivity contribution in [1.29, 1.82) is 0 Å². The Hall–Kier alpha value is -2.01. The van der Waals surface area contributed by atoms with E-state index in [1.807, 2.05) is 18.2 Å². The smallest absolute Gasteiger partial charge is 0.404 e. The first-order valence-electron chi connectivity index (χ1n) is 6.69. The van der Waals surface area contributed by atoms with E-state index in [0.29, 0.717) is 11.1 Å². The number of carbonyl (C=O) groups is 1. The van der Waals surface area contributed by atoms with E-state index in [1.165, 1.54) is 6.07 Å². The molecule has 0 bridgehead atoms. The first kappa shape index (κ1) is 15.4. The van der Waals surface area contributed by atoms with E-state index in [0.717, 1.165) is 24.2 Å². The third-order valence-corrected chi connectivity index (χ3v) is 3.39. The van der Waals surface area contributed by atoms with Gasteiger partial charge in [0.05, 0.1) is 0 Å². The van der Waals surface area contributed by atoms with Gasteiger partial charge in [-0.2, -0.15) is 0 Å². The quantitative estimate of drug-likeness (QED) is 0.625. The van der Waals surface area contributed by atoms with Gasteiger partial charge in [-0.3, -0.25) is 0 Å². The van der Waals surface area contributed by atoms with Gasteiger partial charge in [0.15, 0.2) is 0 Å². The van der Waals surface area contributed by atoms with Crippen LogP contribution in [-0.2, 0) is 11.3 Å². The molecule has 21 heavy (non-hydrogen) atoms. The van der Waals surface area contributed by atoms with Gasteiger partial charge in [0.2, 0.25) is 0 Å². The van der Waals surface area contributed by atoms with E-state index in [-0.39, 0.29) is 6.61 Å². The summed E-state index contributed by atoms with van der Waals surface area (Å²) in [5.41, 5.74) is 0.618. The van der Waals surface area contributed by atoms with Gasteiger partial charge >= 0.3 is 11.1 Å². The molecular formula is C15H16ClNO4. The molecule has 0 amide bonds. The van der Waals surface area contributed by atoms with E-state index in [2.05, 4.69) is 18.7 Å². The Morgan fingerprint density at radius 3 is 2.62 bits per heavy atom. The van der Waals surface area contributed by atoms with Crippen LogP contribution in [0.1, 0.15) is 19.4 Å². The summed E-state index contributed by atoms with van der Waals surface area (Å²) in [7, 11) is 0. The number of anilines is 1. The van der Waals surface area contributed by atoms with Crippen LogP contribution >= 0.6 is 11.6 Å². The van der Waals surface area contributed by atoms with Crippen molar-refractivity contribution in [2.75, 3.05) is 18.0 Å². The normalized spacial score (nSPS) is 10.6. The van der Waals surface area contributed by atoms with Gasteiger partial charge in [0, 0.05) is 53.5 Å². The Bertz CT molecular complexity index is 706. The molecule has 1 aromatic heterocycles. The second-order valence-corrected chi connectivity index (χ2v) is 4.78. The lowest BCUT2D eigenvalue weighted by Gasteiger charge is -2.21. The molecule has 0 unspecified atom stereocenters. The summed E-state index contributed by atoms with van der Waals surface area (Å²) < 4.78 is 9.98. The standard InChI is InChI=1S/C15H16ClNO4/c1-3-17(4-2)11-5-6-12-10(9-20-15(16)19)7-14(18)21-13(12)8-11/h5-8H,3-4,9H2,1-2H3. The summed E-state index contributed by atoms with van der Waals surface area (Å²) in [6, 6.07) is 6.92. The number of carbonyl (C=O) groups excluding carboxylic acids is 1. The molecule has 5 nitrogen and oxygen atoms in total. The third-order valence-electron chi connectivity index (χ3n) is 3.28. The van der Waals surface area contributed by atoms with Crippen molar-refractivity contribution >= 4 is 33.7 Å². The number of ether oxygens (including phenoxy) is 1. The van der Waals surface area contributed by atoms with Gasteiger partial charge in [0.1, 0.15) is 12.2 Å². The van der Waals surface area contributed by atoms with Crippen LogP contribution in [0.5, 0.6) is 0 Å². The fraction of sp³-hybridized carbons (Fsp3) is 0.333. The minimum atomic E-state index is -0.906. The van der Waals surface area contributed by atoms with Gasteiger partial charge in [-0.05, 0) is 26.0 Å². The number of hydrogen-bond donors (Lipinski definition) is 0. The summed E-state index contributed by atoms with van der Waals surface area (Å²) in [6.07, 6.45) is 0. The first-order valence-corrected chi connectivity index (χ1v) is 7.07. The van der Waals surface area contributed by atoms with Crippen LogP contribution in [0.3, 0.4) is 0 Å². The highest BCUT2D eigenvalue weighted by Crippen LogP contribution is 2.24. The van der Waals surface area contributed by atoms with Crippen LogP contribution < -0.4 is 10.5 Å². The third kappa shape index (κ3) is 3.55. The topological polar surface area (TPSA) is 59.8 Å². The molecule has 0 radical (unpaired) electrons. The fourth-order valence-electron chi connectivity index (χ4n) is 2.26. The van der Waals surface area contributed by atoms with Crippen LogP contribution in [0.4, 0.5) is 10.5 Å².